The zero-order valence-electron chi connectivity index (χ0n) is 37.0. The first-order valence-corrected chi connectivity index (χ1v) is 22.5. The Bertz CT molecular complexity index is 1540. The minimum atomic E-state index is -2.09. The van der Waals surface area contributed by atoms with Crippen LogP contribution in [0.15, 0.2) is 0 Å². The number of aliphatic hydroxyl groups is 19. The third kappa shape index (κ3) is 12.2. The van der Waals surface area contributed by atoms with Crippen LogP contribution >= 0.6 is 0 Å². The third-order valence-corrected chi connectivity index (χ3v) is 13.1. The summed E-state index contributed by atoms with van der Waals surface area (Å²) in [5.41, 5.74) is 0. The molecule has 0 radical (unpaired) electrons. The average Bonchev–Trinajstić information content (AvgIpc) is 3.34. The second kappa shape index (κ2) is 24.9. The smallest absolute Gasteiger partial charge is 0.187 e. The lowest BCUT2D eigenvalue weighted by atomic mass is 9.94. The Morgan fingerprint density at radius 1 is 0.319 bits per heavy atom. The fraction of sp³-hybridized carbons (Fsp3) is 1.00. The number of ether oxygens (including phenoxy) is 11. The SMILES string of the molecule is CCCCC1OC(OC2C(CO)OC(OC3C(CO)OC(OCC4OC(OC5C(CO)OC(OC6C(CO)OC(O)C(O)C6O)C(O)C5O)C(O)C(O)C4O)C(O)C3O)C(O)C2O)C(O)C(O)C1O. The van der Waals surface area contributed by atoms with E-state index in [1.54, 1.807) is 0 Å². The zero-order valence-corrected chi connectivity index (χ0v) is 37.0. The largest absolute Gasteiger partial charge is 0.394 e. The van der Waals surface area contributed by atoms with E-state index in [1.807, 2.05) is 6.92 Å². The highest BCUT2D eigenvalue weighted by atomic mass is 16.8. The van der Waals surface area contributed by atoms with Crippen molar-refractivity contribution in [1.29, 1.82) is 0 Å². The van der Waals surface area contributed by atoms with E-state index in [0.29, 0.717) is 12.8 Å². The maximum absolute atomic E-state index is 11.2. The third-order valence-electron chi connectivity index (χ3n) is 13.1. The lowest BCUT2D eigenvalue weighted by molar-refractivity contribution is -0.385. The first-order chi connectivity index (χ1) is 32.7. The van der Waals surface area contributed by atoms with E-state index in [4.69, 9.17) is 52.1 Å². The van der Waals surface area contributed by atoms with Crippen molar-refractivity contribution in [3.63, 3.8) is 0 Å². The number of rotatable bonds is 18. The molecule has 0 bridgehead atoms. The number of aliphatic hydroxyl groups excluding tert-OH is 19. The van der Waals surface area contributed by atoms with Gasteiger partial charge in [-0.2, -0.15) is 0 Å². The molecule has 6 fully saturated rings. The number of unbranched alkanes of at least 4 members (excludes halogenated alkanes) is 1. The second-order valence-corrected chi connectivity index (χ2v) is 17.8. The van der Waals surface area contributed by atoms with Crippen molar-refractivity contribution >= 4 is 0 Å². The van der Waals surface area contributed by atoms with Crippen molar-refractivity contribution in [2.75, 3.05) is 33.0 Å². The molecule has 404 valence electrons. The molecule has 6 aliphatic rings. The number of hydrogen-bond donors (Lipinski definition) is 19. The van der Waals surface area contributed by atoms with Crippen LogP contribution in [0.2, 0.25) is 0 Å². The topological polar surface area (TPSA) is 486 Å². The van der Waals surface area contributed by atoms with Crippen molar-refractivity contribution in [2.24, 2.45) is 0 Å². The van der Waals surface area contributed by atoms with Crippen LogP contribution in [0.3, 0.4) is 0 Å². The van der Waals surface area contributed by atoms with Crippen LogP contribution in [-0.4, -0.2) is 314 Å². The molecular formula is C39H68O30. The lowest BCUT2D eigenvalue weighted by Crippen LogP contribution is -2.67. The second-order valence-electron chi connectivity index (χ2n) is 17.8. The Labute approximate surface area is 392 Å². The molecule has 6 aliphatic heterocycles. The molecule has 6 rings (SSSR count). The summed E-state index contributed by atoms with van der Waals surface area (Å²) in [5, 5.41) is 201. The summed E-state index contributed by atoms with van der Waals surface area (Å²) in [6.45, 7) is -2.64. The molecule has 0 aromatic heterocycles. The van der Waals surface area contributed by atoms with Crippen molar-refractivity contribution in [1.82, 2.24) is 0 Å². The Morgan fingerprint density at radius 2 is 0.623 bits per heavy atom. The molecule has 30 unspecified atom stereocenters. The summed E-state index contributed by atoms with van der Waals surface area (Å²) in [5.74, 6) is 0. The van der Waals surface area contributed by atoms with E-state index in [0.717, 1.165) is 0 Å². The highest BCUT2D eigenvalue weighted by Crippen LogP contribution is 2.36. The minimum absolute atomic E-state index is 0.269. The average molecular weight is 1020 g/mol. The van der Waals surface area contributed by atoms with Crippen LogP contribution in [0, 0.1) is 0 Å². The summed E-state index contributed by atoms with van der Waals surface area (Å²) >= 11 is 0. The monoisotopic (exact) mass is 1020 g/mol. The Morgan fingerprint density at radius 3 is 1.01 bits per heavy atom. The summed E-state index contributed by atoms with van der Waals surface area (Å²) in [6.07, 6.45) is -52.8. The van der Waals surface area contributed by atoms with Crippen LogP contribution in [0.1, 0.15) is 26.2 Å². The highest BCUT2D eigenvalue weighted by molar-refractivity contribution is 4.99. The van der Waals surface area contributed by atoms with Crippen LogP contribution in [-0.2, 0) is 52.1 Å². The maximum Gasteiger partial charge on any atom is 0.187 e. The van der Waals surface area contributed by atoms with Crippen molar-refractivity contribution in [2.45, 2.75) is 210 Å². The molecule has 6 saturated heterocycles. The quantitative estimate of drug-likeness (QED) is 0.0606. The lowest BCUT2D eigenvalue weighted by Gasteiger charge is -2.48. The van der Waals surface area contributed by atoms with Gasteiger partial charge in [0.2, 0.25) is 0 Å². The molecule has 30 atom stereocenters. The Hall–Kier alpha value is -1.20. The van der Waals surface area contributed by atoms with Crippen LogP contribution in [0.4, 0.5) is 0 Å². The predicted octanol–water partition coefficient (Wildman–Crippen LogP) is -11.9. The van der Waals surface area contributed by atoms with E-state index in [2.05, 4.69) is 0 Å². The molecular weight excluding hydrogens is 948 g/mol. The highest BCUT2D eigenvalue weighted by Gasteiger charge is 2.56. The van der Waals surface area contributed by atoms with Gasteiger partial charge in [0.1, 0.15) is 140 Å². The first-order valence-electron chi connectivity index (χ1n) is 22.5. The van der Waals surface area contributed by atoms with Crippen molar-refractivity contribution in [3.8, 4) is 0 Å². The van der Waals surface area contributed by atoms with Gasteiger partial charge in [-0.15, -0.1) is 0 Å². The Balaban J connectivity index is 1.05. The molecule has 19 N–H and O–H groups in total. The fourth-order valence-electron chi connectivity index (χ4n) is 8.91. The van der Waals surface area contributed by atoms with E-state index in [-0.39, 0.29) is 6.42 Å². The molecule has 0 aromatic rings. The van der Waals surface area contributed by atoms with E-state index in [1.165, 1.54) is 0 Å². The van der Waals surface area contributed by atoms with Crippen molar-refractivity contribution < 1.29 is 149 Å². The van der Waals surface area contributed by atoms with Gasteiger partial charge >= 0.3 is 0 Å². The fourth-order valence-corrected chi connectivity index (χ4v) is 8.91. The van der Waals surface area contributed by atoms with Gasteiger partial charge in [-0.05, 0) is 6.42 Å². The summed E-state index contributed by atoms with van der Waals surface area (Å²) in [4.78, 5) is 0. The standard InChI is InChI=1S/C39H68O30/c1-2-3-4-10-16(44)18(46)25(53)36(61-10)67-32-13(7-42)64-39(29(57)22(32)50)69-31-12(6-41)62-35(27(55)21(31)49)59-9-15-17(45)19(47)26(54)37(65-15)68-33-14(8-43)63-38(28(56)23(33)51)66-30-11(5-40)60-34(58)24(52)20(30)48/h10-58H,2-9H2,1H3. The van der Waals surface area contributed by atoms with Crippen LogP contribution in [0.5, 0.6) is 0 Å². The summed E-state index contributed by atoms with van der Waals surface area (Å²) < 4.78 is 61.2. The molecule has 0 spiro atoms. The normalized spacial score (nSPS) is 52.2. The van der Waals surface area contributed by atoms with Gasteiger partial charge in [0.25, 0.3) is 0 Å². The molecule has 0 saturated carbocycles. The predicted molar refractivity (Wildman–Crippen MR) is 212 cm³/mol. The van der Waals surface area contributed by atoms with Gasteiger partial charge in [-0.25, -0.2) is 0 Å². The molecule has 69 heavy (non-hydrogen) atoms. The molecule has 0 amide bonds. The Kier molecular flexibility index (Phi) is 20.6. The molecule has 30 heteroatoms. The molecule has 0 aliphatic carbocycles. The van der Waals surface area contributed by atoms with Crippen molar-refractivity contribution in [3.05, 3.63) is 0 Å². The summed E-state index contributed by atoms with van der Waals surface area (Å²) in [7, 11) is 0. The minimum Gasteiger partial charge on any atom is -0.394 e. The molecule has 0 aromatic carbocycles. The summed E-state index contributed by atoms with van der Waals surface area (Å²) in [6, 6.07) is 0. The van der Waals surface area contributed by atoms with E-state index >= 15 is 0 Å². The van der Waals surface area contributed by atoms with E-state index in [9.17, 15) is 97.0 Å². The number of hydrogen-bond acceptors (Lipinski definition) is 30. The van der Waals surface area contributed by atoms with Gasteiger partial charge in [0.15, 0.2) is 37.7 Å². The van der Waals surface area contributed by atoms with Gasteiger partial charge in [-0.3, -0.25) is 0 Å². The van der Waals surface area contributed by atoms with E-state index < -0.39 is 217 Å². The van der Waals surface area contributed by atoms with Gasteiger partial charge in [-0.1, -0.05) is 19.8 Å². The zero-order chi connectivity index (χ0) is 50.8. The van der Waals surface area contributed by atoms with Gasteiger partial charge < -0.3 is 149 Å². The maximum atomic E-state index is 11.2. The van der Waals surface area contributed by atoms with Crippen LogP contribution < -0.4 is 0 Å². The van der Waals surface area contributed by atoms with Gasteiger partial charge in [0.05, 0.1) is 39.1 Å². The first kappa shape index (κ1) is 57.1. The molecule has 6 heterocycles. The van der Waals surface area contributed by atoms with Crippen LogP contribution in [0.25, 0.3) is 0 Å². The van der Waals surface area contributed by atoms with Gasteiger partial charge in [0, 0.05) is 0 Å². The molecule has 30 nitrogen and oxygen atoms in total.